The first-order valence-electron chi connectivity index (χ1n) is 9.62. The molecule has 2 N–H and O–H groups in total. The van der Waals surface area contributed by atoms with E-state index < -0.39 is 11.9 Å². The minimum Gasteiger partial charge on any atom is -0.490 e. The number of ether oxygens (including phenoxy) is 1. The van der Waals surface area contributed by atoms with Crippen LogP contribution in [0.5, 0.6) is 5.75 Å². The highest BCUT2D eigenvalue weighted by atomic mass is 35.5. The maximum atomic E-state index is 14.5. The van der Waals surface area contributed by atoms with E-state index in [1.54, 1.807) is 6.92 Å². The van der Waals surface area contributed by atoms with Gasteiger partial charge in [0.05, 0.1) is 17.7 Å². The average Bonchev–Trinajstić information content (AvgIpc) is 3.13. The van der Waals surface area contributed by atoms with Gasteiger partial charge in [-0.1, -0.05) is 22.9 Å². The molecule has 2 heterocycles. The fraction of sp³-hybridized carbons (Fsp3) is 0.381. The summed E-state index contributed by atoms with van der Waals surface area (Å²) >= 11 is 7.69. The van der Waals surface area contributed by atoms with Crippen molar-refractivity contribution in [1.82, 2.24) is 15.2 Å². The monoisotopic (exact) mass is 450 g/mol. The highest BCUT2D eigenvalue weighted by molar-refractivity contribution is 7.18. The molecule has 1 atom stereocenters. The molecule has 0 radical (unpaired) electrons. The van der Waals surface area contributed by atoms with Crippen LogP contribution in [0.4, 0.5) is 10.2 Å². The van der Waals surface area contributed by atoms with E-state index >= 15 is 0 Å². The molecule has 3 rings (SSSR count). The van der Waals surface area contributed by atoms with E-state index in [2.05, 4.69) is 20.5 Å². The number of aryl methyl sites for hydroxylation is 1. The van der Waals surface area contributed by atoms with E-state index in [1.165, 1.54) is 23.5 Å². The smallest absolute Gasteiger partial charge is 0.165 e. The molecule has 0 spiro atoms. The number of nitrogens with zero attached hydrogens (tertiary/aromatic N) is 3. The number of aliphatic hydroxyl groups excluding tert-OH is 1. The summed E-state index contributed by atoms with van der Waals surface area (Å²) in [5.74, 6) is 0.266. The maximum Gasteiger partial charge on any atom is 0.165 e. The van der Waals surface area contributed by atoms with Crippen molar-refractivity contribution in [2.75, 3.05) is 11.9 Å². The van der Waals surface area contributed by atoms with Gasteiger partial charge >= 0.3 is 0 Å². The molecule has 0 aliphatic rings. The topological polar surface area (TPSA) is 80.2 Å². The first-order valence-corrected chi connectivity index (χ1v) is 10.8. The highest BCUT2D eigenvalue weighted by Crippen LogP contribution is 2.37. The van der Waals surface area contributed by atoms with Crippen LogP contribution in [0.15, 0.2) is 24.3 Å². The fourth-order valence-corrected chi connectivity index (χ4v) is 3.91. The standard InChI is InChI=1S/C21H24ClFN4O2S/c1-11(2)24-19-8-14(7-12(3)25-19)20-26-27-21(30-20)15-9-17(23)18(10-16(15)22)29-6-5-13(4)28/h7-11,13,28H,5-6H2,1-4H3,(H,24,25). The molecule has 9 heteroatoms. The Hall–Kier alpha value is -2.29. The van der Waals surface area contributed by atoms with E-state index in [0.29, 0.717) is 27.0 Å². The van der Waals surface area contributed by atoms with Gasteiger partial charge in [0, 0.05) is 35.3 Å². The summed E-state index contributed by atoms with van der Waals surface area (Å²) in [7, 11) is 0. The third-order valence-electron chi connectivity index (χ3n) is 4.11. The van der Waals surface area contributed by atoms with Crippen LogP contribution in [0.1, 0.15) is 32.9 Å². The van der Waals surface area contributed by atoms with Crippen LogP contribution in [-0.2, 0) is 0 Å². The van der Waals surface area contributed by atoms with Crippen LogP contribution in [-0.4, -0.2) is 39.0 Å². The largest absolute Gasteiger partial charge is 0.490 e. The van der Waals surface area contributed by atoms with Crippen molar-refractivity contribution in [3.05, 3.63) is 40.8 Å². The van der Waals surface area contributed by atoms with Gasteiger partial charge in [0.2, 0.25) is 0 Å². The number of rotatable bonds is 8. The van der Waals surface area contributed by atoms with Gasteiger partial charge in [0.1, 0.15) is 15.8 Å². The summed E-state index contributed by atoms with van der Waals surface area (Å²) in [6.07, 6.45) is -0.118. The number of pyridine rings is 1. The van der Waals surface area contributed by atoms with Gasteiger partial charge in [-0.15, -0.1) is 10.2 Å². The Morgan fingerprint density at radius 1 is 1.17 bits per heavy atom. The highest BCUT2D eigenvalue weighted by Gasteiger charge is 2.17. The third kappa shape index (κ3) is 5.65. The van der Waals surface area contributed by atoms with Crippen molar-refractivity contribution in [3.8, 4) is 26.9 Å². The predicted octanol–water partition coefficient (Wildman–Crippen LogP) is 5.34. The van der Waals surface area contributed by atoms with Gasteiger partial charge in [0.25, 0.3) is 0 Å². The molecule has 0 aliphatic carbocycles. The third-order valence-corrected chi connectivity index (χ3v) is 5.43. The summed E-state index contributed by atoms with van der Waals surface area (Å²) in [6, 6.07) is 6.82. The molecule has 160 valence electrons. The van der Waals surface area contributed by atoms with E-state index in [-0.39, 0.29) is 18.4 Å². The van der Waals surface area contributed by atoms with E-state index in [4.69, 9.17) is 16.3 Å². The van der Waals surface area contributed by atoms with E-state index in [1.807, 2.05) is 32.9 Å². The zero-order chi connectivity index (χ0) is 21.8. The van der Waals surface area contributed by atoms with Crippen molar-refractivity contribution in [2.24, 2.45) is 0 Å². The SMILES string of the molecule is Cc1cc(-c2nnc(-c3cc(F)c(OCCC(C)O)cc3Cl)s2)cc(NC(C)C)n1. The van der Waals surface area contributed by atoms with Gasteiger partial charge in [-0.05, 0) is 45.9 Å². The average molecular weight is 451 g/mol. The molecule has 0 fully saturated rings. The van der Waals surface area contributed by atoms with Crippen molar-refractivity contribution in [3.63, 3.8) is 0 Å². The van der Waals surface area contributed by atoms with Gasteiger partial charge in [0.15, 0.2) is 11.6 Å². The zero-order valence-electron chi connectivity index (χ0n) is 17.2. The lowest BCUT2D eigenvalue weighted by molar-refractivity contribution is 0.154. The van der Waals surface area contributed by atoms with Crippen molar-refractivity contribution in [2.45, 2.75) is 46.3 Å². The summed E-state index contributed by atoms with van der Waals surface area (Å²) in [6.45, 7) is 7.85. The van der Waals surface area contributed by atoms with Crippen molar-refractivity contribution < 1.29 is 14.2 Å². The number of nitrogens with one attached hydrogen (secondary N) is 1. The van der Waals surface area contributed by atoms with Crippen LogP contribution in [0.3, 0.4) is 0 Å². The number of anilines is 1. The zero-order valence-corrected chi connectivity index (χ0v) is 18.8. The Morgan fingerprint density at radius 2 is 1.90 bits per heavy atom. The van der Waals surface area contributed by atoms with Crippen molar-refractivity contribution >= 4 is 28.8 Å². The minimum absolute atomic E-state index is 0.0447. The molecule has 0 saturated carbocycles. The number of hydrogen-bond donors (Lipinski definition) is 2. The number of aromatic nitrogens is 3. The summed E-state index contributed by atoms with van der Waals surface area (Å²) in [4.78, 5) is 4.48. The van der Waals surface area contributed by atoms with E-state index in [9.17, 15) is 9.50 Å². The molecule has 3 aromatic rings. The molecule has 6 nitrogen and oxygen atoms in total. The lowest BCUT2D eigenvalue weighted by Gasteiger charge is -2.11. The Morgan fingerprint density at radius 3 is 2.60 bits per heavy atom. The van der Waals surface area contributed by atoms with Crippen LogP contribution in [0.2, 0.25) is 5.02 Å². The van der Waals surface area contributed by atoms with Gasteiger partial charge in [-0.25, -0.2) is 9.37 Å². The predicted molar refractivity (Wildman–Crippen MR) is 119 cm³/mol. The van der Waals surface area contributed by atoms with Crippen LogP contribution < -0.4 is 10.1 Å². The number of halogens is 2. The van der Waals surface area contributed by atoms with E-state index in [0.717, 1.165) is 17.1 Å². The van der Waals surface area contributed by atoms with Gasteiger partial charge < -0.3 is 15.2 Å². The Labute approximate surface area is 184 Å². The summed E-state index contributed by atoms with van der Waals surface area (Å²) < 4.78 is 19.9. The van der Waals surface area contributed by atoms with Crippen molar-refractivity contribution in [1.29, 1.82) is 0 Å². The number of hydrogen-bond acceptors (Lipinski definition) is 7. The first kappa shape index (κ1) is 22.4. The lowest BCUT2D eigenvalue weighted by atomic mass is 10.2. The van der Waals surface area contributed by atoms with Crippen LogP contribution in [0.25, 0.3) is 21.1 Å². The summed E-state index contributed by atoms with van der Waals surface area (Å²) in [5, 5.41) is 22.6. The second-order valence-corrected chi connectivity index (χ2v) is 8.73. The summed E-state index contributed by atoms with van der Waals surface area (Å²) in [5.41, 5.74) is 2.19. The molecule has 30 heavy (non-hydrogen) atoms. The molecule has 1 unspecified atom stereocenters. The normalized spacial score (nSPS) is 12.3. The molecule has 0 bridgehead atoms. The lowest BCUT2D eigenvalue weighted by Crippen LogP contribution is -2.11. The van der Waals surface area contributed by atoms with Gasteiger partial charge in [-0.3, -0.25) is 0 Å². The molecular formula is C21H24ClFN4O2S. The molecule has 1 aromatic carbocycles. The molecule has 0 amide bonds. The number of aliphatic hydroxyl groups is 1. The quantitative estimate of drug-likeness (QED) is 0.482. The molecule has 2 aromatic heterocycles. The van der Waals surface area contributed by atoms with Crippen LogP contribution in [0, 0.1) is 12.7 Å². The first-order chi connectivity index (χ1) is 14.2. The fourth-order valence-electron chi connectivity index (χ4n) is 2.75. The molecule has 0 saturated heterocycles. The Bertz CT molecular complexity index is 1030. The van der Waals surface area contributed by atoms with Gasteiger partial charge in [-0.2, -0.15) is 0 Å². The second-order valence-electron chi connectivity index (χ2n) is 7.34. The Balaban J connectivity index is 1.86. The second kappa shape index (κ2) is 9.68. The number of benzene rings is 1. The van der Waals surface area contributed by atoms with Crippen LogP contribution >= 0.6 is 22.9 Å². The minimum atomic E-state index is -0.542. The molecular weight excluding hydrogens is 427 g/mol. The molecule has 0 aliphatic heterocycles. The maximum absolute atomic E-state index is 14.5. The Kier molecular flexibility index (Phi) is 7.23.